The number of carbonyl (C=O) groups is 1. The first-order valence-corrected chi connectivity index (χ1v) is 6.89. The number of hydrogen-bond acceptors (Lipinski definition) is 2. The Morgan fingerprint density at radius 1 is 1.71 bits per heavy atom. The standard InChI is InChI=1S/C10H18BrNOS/c1-8(11)7-12(3)9(13)10(2)5-4-6-14-10/h8H,4-7H2,1-3H3. The third-order valence-corrected chi connectivity index (χ3v) is 4.34. The quantitative estimate of drug-likeness (QED) is 0.740. The van der Waals surface area contributed by atoms with E-state index in [0.29, 0.717) is 4.83 Å². The Bertz CT molecular complexity index is 214. The Morgan fingerprint density at radius 3 is 2.79 bits per heavy atom. The number of amides is 1. The average Bonchev–Trinajstić information content (AvgIpc) is 2.51. The third kappa shape index (κ3) is 2.89. The van der Waals surface area contributed by atoms with Crippen LogP contribution in [0.25, 0.3) is 0 Å². The molecule has 14 heavy (non-hydrogen) atoms. The van der Waals surface area contributed by atoms with Gasteiger partial charge in [-0.25, -0.2) is 0 Å². The van der Waals surface area contributed by atoms with Crippen LogP contribution < -0.4 is 0 Å². The van der Waals surface area contributed by atoms with Gasteiger partial charge in [0.2, 0.25) is 5.91 Å². The molecule has 0 radical (unpaired) electrons. The van der Waals surface area contributed by atoms with Gasteiger partial charge in [0.1, 0.15) is 0 Å². The molecule has 1 amide bonds. The normalized spacial score (nSPS) is 28.9. The number of thioether (sulfide) groups is 1. The molecule has 0 aromatic rings. The maximum absolute atomic E-state index is 12.1. The second-order valence-corrected chi connectivity index (χ2v) is 7.31. The van der Waals surface area contributed by atoms with Crippen LogP contribution in [0.5, 0.6) is 0 Å². The van der Waals surface area contributed by atoms with Crippen LogP contribution >= 0.6 is 27.7 Å². The van der Waals surface area contributed by atoms with E-state index in [2.05, 4.69) is 29.8 Å². The third-order valence-electron chi connectivity index (χ3n) is 2.54. The average molecular weight is 280 g/mol. The number of carbonyl (C=O) groups excluding carboxylic acids is 1. The lowest BCUT2D eigenvalue weighted by atomic mass is 10.0. The molecule has 0 bridgehead atoms. The molecule has 0 aliphatic carbocycles. The van der Waals surface area contributed by atoms with Crippen LogP contribution in [0.15, 0.2) is 0 Å². The Balaban J connectivity index is 2.55. The Hall–Kier alpha value is 0.300. The van der Waals surface area contributed by atoms with Crippen LogP contribution in [0.1, 0.15) is 26.7 Å². The molecule has 0 saturated carbocycles. The van der Waals surface area contributed by atoms with E-state index in [0.717, 1.165) is 18.7 Å². The molecule has 82 valence electrons. The van der Waals surface area contributed by atoms with Crippen molar-refractivity contribution in [2.45, 2.75) is 36.3 Å². The van der Waals surface area contributed by atoms with Gasteiger partial charge < -0.3 is 4.90 Å². The monoisotopic (exact) mass is 279 g/mol. The largest absolute Gasteiger partial charge is 0.343 e. The van der Waals surface area contributed by atoms with E-state index in [4.69, 9.17) is 0 Å². The van der Waals surface area contributed by atoms with Crippen molar-refractivity contribution in [2.24, 2.45) is 0 Å². The molecular formula is C10H18BrNOS. The minimum absolute atomic E-state index is 0.156. The van der Waals surface area contributed by atoms with Gasteiger partial charge in [-0.2, -0.15) is 0 Å². The van der Waals surface area contributed by atoms with E-state index in [1.165, 1.54) is 6.42 Å². The van der Waals surface area contributed by atoms with E-state index >= 15 is 0 Å². The van der Waals surface area contributed by atoms with Gasteiger partial charge in [0.15, 0.2) is 0 Å². The number of rotatable bonds is 3. The number of hydrogen-bond donors (Lipinski definition) is 0. The summed E-state index contributed by atoms with van der Waals surface area (Å²) in [5, 5.41) is 0. The Kier molecular flexibility index (Phi) is 4.31. The van der Waals surface area contributed by atoms with Crippen LogP contribution in [0.2, 0.25) is 0 Å². The molecule has 1 rings (SSSR count). The number of nitrogens with zero attached hydrogens (tertiary/aromatic N) is 1. The van der Waals surface area contributed by atoms with Crippen molar-refractivity contribution in [3.63, 3.8) is 0 Å². The molecule has 0 aromatic heterocycles. The topological polar surface area (TPSA) is 20.3 Å². The van der Waals surface area contributed by atoms with Gasteiger partial charge in [-0.15, -0.1) is 11.8 Å². The first-order valence-electron chi connectivity index (χ1n) is 4.99. The summed E-state index contributed by atoms with van der Waals surface area (Å²) in [7, 11) is 1.89. The number of alkyl halides is 1. The molecule has 0 aromatic carbocycles. The highest BCUT2D eigenvalue weighted by Gasteiger charge is 2.38. The summed E-state index contributed by atoms with van der Waals surface area (Å²) in [6, 6.07) is 0. The summed E-state index contributed by atoms with van der Waals surface area (Å²) in [6.45, 7) is 4.92. The highest BCUT2D eigenvalue weighted by Crippen LogP contribution is 2.38. The second kappa shape index (κ2) is 4.88. The van der Waals surface area contributed by atoms with Crippen LogP contribution in [-0.2, 0) is 4.79 Å². The van der Waals surface area contributed by atoms with Gasteiger partial charge in [0, 0.05) is 18.4 Å². The van der Waals surface area contributed by atoms with Gasteiger partial charge in [-0.3, -0.25) is 4.79 Å². The summed E-state index contributed by atoms with van der Waals surface area (Å²) in [5.74, 6) is 1.41. The van der Waals surface area contributed by atoms with Crippen LogP contribution in [0.4, 0.5) is 0 Å². The van der Waals surface area contributed by atoms with Crippen LogP contribution in [-0.4, -0.2) is 39.7 Å². The molecule has 2 atom stereocenters. The van der Waals surface area contributed by atoms with Crippen molar-refractivity contribution in [1.82, 2.24) is 4.90 Å². The first-order chi connectivity index (χ1) is 6.46. The molecule has 0 spiro atoms. The van der Waals surface area contributed by atoms with Gasteiger partial charge in [-0.1, -0.05) is 22.9 Å². The van der Waals surface area contributed by atoms with Crippen molar-refractivity contribution in [3.8, 4) is 0 Å². The van der Waals surface area contributed by atoms with Gasteiger partial charge in [0.25, 0.3) is 0 Å². The zero-order chi connectivity index (χ0) is 10.8. The zero-order valence-electron chi connectivity index (χ0n) is 9.05. The van der Waals surface area contributed by atoms with E-state index < -0.39 is 0 Å². The summed E-state index contributed by atoms with van der Waals surface area (Å²) >= 11 is 5.27. The predicted molar refractivity (Wildman–Crippen MR) is 66.1 cm³/mol. The molecule has 1 aliphatic heterocycles. The molecule has 1 saturated heterocycles. The Morgan fingerprint density at radius 2 is 2.36 bits per heavy atom. The zero-order valence-corrected chi connectivity index (χ0v) is 11.4. The lowest BCUT2D eigenvalue weighted by Gasteiger charge is -2.28. The molecule has 1 heterocycles. The van der Waals surface area contributed by atoms with Crippen molar-refractivity contribution < 1.29 is 4.79 Å². The minimum Gasteiger partial charge on any atom is -0.343 e. The lowest BCUT2D eigenvalue weighted by molar-refractivity contribution is -0.132. The van der Waals surface area contributed by atoms with E-state index in [1.54, 1.807) is 11.8 Å². The number of halogens is 1. The summed E-state index contributed by atoms with van der Waals surface area (Å²) < 4.78 is -0.156. The van der Waals surface area contributed by atoms with Crippen molar-refractivity contribution in [2.75, 3.05) is 19.3 Å². The molecule has 2 unspecified atom stereocenters. The lowest BCUT2D eigenvalue weighted by Crippen LogP contribution is -2.43. The molecular weight excluding hydrogens is 262 g/mol. The molecule has 1 fully saturated rings. The fourth-order valence-electron chi connectivity index (χ4n) is 1.81. The van der Waals surface area contributed by atoms with Gasteiger partial charge in [-0.05, 0) is 25.5 Å². The second-order valence-electron chi connectivity index (χ2n) is 4.15. The molecule has 2 nitrogen and oxygen atoms in total. The highest BCUT2D eigenvalue weighted by atomic mass is 79.9. The van der Waals surface area contributed by atoms with Crippen molar-refractivity contribution in [1.29, 1.82) is 0 Å². The molecule has 1 aliphatic rings. The predicted octanol–water partition coefficient (Wildman–Crippen LogP) is 2.51. The molecule has 4 heteroatoms. The van der Waals surface area contributed by atoms with E-state index in [9.17, 15) is 4.79 Å². The molecule has 0 N–H and O–H groups in total. The van der Waals surface area contributed by atoms with Gasteiger partial charge >= 0.3 is 0 Å². The SMILES string of the molecule is CC(Br)CN(C)C(=O)C1(C)CCCS1. The van der Waals surface area contributed by atoms with Crippen molar-refractivity contribution in [3.05, 3.63) is 0 Å². The Labute approximate surface area is 98.9 Å². The smallest absolute Gasteiger partial charge is 0.238 e. The fraction of sp³-hybridized carbons (Fsp3) is 0.900. The van der Waals surface area contributed by atoms with Crippen molar-refractivity contribution >= 4 is 33.6 Å². The first kappa shape index (κ1) is 12.4. The maximum Gasteiger partial charge on any atom is 0.238 e. The minimum atomic E-state index is -0.156. The summed E-state index contributed by atoms with van der Waals surface area (Å²) in [4.78, 5) is 14.3. The van der Waals surface area contributed by atoms with Crippen LogP contribution in [0.3, 0.4) is 0 Å². The van der Waals surface area contributed by atoms with E-state index in [1.807, 2.05) is 11.9 Å². The summed E-state index contributed by atoms with van der Waals surface area (Å²) in [5.41, 5.74) is 0. The maximum atomic E-state index is 12.1. The highest BCUT2D eigenvalue weighted by molar-refractivity contribution is 9.09. The van der Waals surface area contributed by atoms with Gasteiger partial charge in [0.05, 0.1) is 4.75 Å². The fourth-order valence-corrected chi connectivity index (χ4v) is 3.55. The van der Waals surface area contributed by atoms with E-state index in [-0.39, 0.29) is 10.7 Å². The van der Waals surface area contributed by atoms with Crippen LogP contribution in [0, 0.1) is 0 Å². The summed E-state index contributed by atoms with van der Waals surface area (Å²) in [6.07, 6.45) is 2.20.